The molecule has 1 aromatic carbocycles. The van der Waals surface area contributed by atoms with E-state index in [1.165, 1.54) is 6.07 Å². The molecule has 3 rings (SSSR count). The van der Waals surface area contributed by atoms with E-state index in [0.717, 1.165) is 5.56 Å². The first-order chi connectivity index (χ1) is 10.7. The molecule has 2 aromatic heterocycles. The topological polar surface area (TPSA) is 48.9 Å². The fraction of sp³-hybridized carbons (Fsp3) is 0.118. The molecule has 112 valence electrons. The summed E-state index contributed by atoms with van der Waals surface area (Å²) in [5, 5.41) is 9.75. The van der Waals surface area contributed by atoms with Gasteiger partial charge in [-0.3, -0.25) is 0 Å². The second-order valence-corrected chi connectivity index (χ2v) is 5.26. The number of nitrogens with zero attached hydrogens (tertiary/aromatic N) is 1. The monoisotopic (exact) mass is 316 g/mol. The van der Waals surface area contributed by atoms with Gasteiger partial charge in [-0.2, -0.15) is 0 Å². The molecular formula is C17H14ClFN2O. The molecule has 0 radical (unpaired) electrons. The average molecular weight is 317 g/mol. The summed E-state index contributed by atoms with van der Waals surface area (Å²) in [7, 11) is 0. The Bertz CT molecular complexity index is 842. The van der Waals surface area contributed by atoms with Crippen molar-refractivity contribution in [3.63, 3.8) is 0 Å². The maximum absolute atomic E-state index is 13.8. The van der Waals surface area contributed by atoms with E-state index in [1.54, 1.807) is 18.2 Å². The van der Waals surface area contributed by atoms with Gasteiger partial charge in [-0.25, -0.2) is 9.37 Å². The first-order valence-corrected chi connectivity index (χ1v) is 7.28. The number of aliphatic hydroxyl groups excluding tert-OH is 1. The van der Waals surface area contributed by atoms with Gasteiger partial charge in [0.15, 0.2) is 0 Å². The number of hydrogen-bond donors (Lipinski definition) is 2. The highest BCUT2D eigenvalue weighted by Crippen LogP contribution is 2.28. The molecule has 0 saturated heterocycles. The summed E-state index contributed by atoms with van der Waals surface area (Å²) >= 11 is 5.99. The van der Waals surface area contributed by atoms with Crippen LogP contribution in [0.4, 0.5) is 4.39 Å². The Kier molecular flexibility index (Phi) is 4.22. The number of pyridine rings is 1. The number of fused-ring (bicyclic) bond motifs is 1. The lowest BCUT2D eigenvalue weighted by Gasteiger charge is -2.04. The minimum absolute atomic E-state index is 0.0877. The fourth-order valence-electron chi connectivity index (χ4n) is 2.33. The maximum atomic E-state index is 13.8. The van der Waals surface area contributed by atoms with E-state index in [0.29, 0.717) is 33.9 Å². The van der Waals surface area contributed by atoms with Crippen molar-refractivity contribution >= 4 is 28.6 Å². The van der Waals surface area contributed by atoms with Crippen molar-refractivity contribution in [3.05, 3.63) is 59.0 Å². The van der Waals surface area contributed by atoms with Gasteiger partial charge < -0.3 is 10.1 Å². The number of benzene rings is 1. The number of aromatic nitrogens is 2. The number of rotatable bonds is 4. The molecule has 2 heterocycles. The number of nitrogens with one attached hydrogen (secondary N) is 1. The van der Waals surface area contributed by atoms with Gasteiger partial charge in [-0.15, -0.1) is 0 Å². The van der Waals surface area contributed by atoms with Crippen molar-refractivity contribution in [2.24, 2.45) is 0 Å². The van der Waals surface area contributed by atoms with Crippen molar-refractivity contribution in [1.82, 2.24) is 9.97 Å². The highest BCUT2D eigenvalue weighted by atomic mass is 35.5. The summed E-state index contributed by atoms with van der Waals surface area (Å²) in [4.78, 5) is 7.51. The summed E-state index contributed by atoms with van der Waals surface area (Å²) in [6.45, 7) is 0.0877. The zero-order valence-electron chi connectivity index (χ0n) is 11.7. The smallest absolute Gasteiger partial charge is 0.132 e. The first-order valence-electron chi connectivity index (χ1n) is 6.90. The van der Waals surface area contributed by atoms with E-state index < -0.39 is 0 Å². The van der Waals surface area contributed by atoms with Gasteiger partial charge in [0.1, 0.15) is 11.0 Å². The minimum Gasteiger partial charge on any atom is -0.396 e. The zero-order valence-corrected chi connectivity index (χ0v) is 12.4. The molecule has 0 aliphatic rings. The highest BCUT2D eigenvalue weighted by Gasteiger charge is 2.11. The number of H-pyrrole nitrogens is 1. The predicted octanol–water partition coefficient (Wildman–Crippen LogP) is 4.42. The molecule has 3 nitrogen and oxygen atoms in total. The van der Waals surface area contributed by atoms with E-state index in [-0.39, 0.29) is 12.4 Å². The maximum Gasteiger partial charge on any atom is 0.132 e. The molecule has 0 aliphatic carbocycles. The van der Waals surface area contributed by atoms with Crippen LogP contribution in [0.25, 0.3) is 28.4 Å². The third-order valence-electron chi connectivity index (χ3n) is 3.35. The molecule has 0 fully saturated rings. The second-order valence-electron chi connectivity index (χ2n) is 4.87. The lowest BCUT2D eigenvalue weighted by molar-refractivity contribution is 0.303. The Balaban J connectivity index is 2.12. The molecule has 0 saturated carbocycles. The second kappa shape index (κ2) is 6.30. The normalized spacial score (nSPS) is 11.6. The van der Waals surface area contributed by atoms with Gasteiger partial charge >= 0.3 is 0 Å². The molecule has 0 unspecified atom stereocenters. The van der Waals surface area contributed by atoms with E-state index in [9.17, 15) is 4.39 Å². The van der Waals surface area contributed by atoms with Crippen molar-refractivity contribution in [2.75, 3.05) is 6.61 Å². The Morgan fingerprint density at radius 2 is 2.14 bits per heavy atom. The molecule has 3 aromatic rings. The van der Waals surface area contributed by atoms with Crippen LogP contribution in [-0.4, -0.2) is 21.7 Å². The predicted molar refractivity (Wildman–Crippen MR) is 87.2 cm³/mol. The first kappa shape index (κ1) is 14.8. The van der Waals surface area contributed by atoms with Crippen LogP contribution < -0.4 is 0 Å². The van der Waals surface area contributed by atoms with Gasteiger partial charge in [-0.1, -0.05) is 29.8 Å². The van der Waals surface area contributed by atoms with Crippen molar-refractivity contribution in [1.29, 1.82) is 0 Å². The number of hydrogen-bond acceptors (Lipinski definition) is 2. The summed E-state index contributed by atoms with van der Waals surface area (Å²) in [6, 6.07) is 10.2. The van der Waals surface area contributed by atoms with Crippen molar-refractivity contribution < 1.29 is 9.50 Å². The molecule has 0 spiro atoms. The third-order valence-corrected chi connectivity index (χ3v) is 3.56. The molecule has 0 amide bonds. The van der Waals surface area contributed by atoms with Crippen LogP contribution in [-0.2, 0) is 0 Å². The molecule has 5 heteroatoms. The van der Waals surface area contributed by atoms with Crippen LogP contribution in [0.3, 0.4) is 0 Å². The average Bonchev–Trinajstić information content (AvgIpc) is 2.94. The molecule has 0 atom stereocenters. The van der Waals surface area contributed by atoms with Crippen LogP contribution in [0.5, 0.6) is 0 Å². The van der Waals surface area contributed by atoms with Crippen LogP contribution in [0.2, 0.25) is 5.15 Å². The Morgan fingerprint density at radius 3 is 2.91 bits per heavy atom. The van der Waals surface area contributed by atoms with E-state index >= 15 is 0 Å². The lowest BCUT2D eigenvalue weighted by Crippen LogP contribution is -1.89. The van der Waals surface area contributed by atoms with E-state index in [4.69, 9.17) is 16.7 Å². The molecular weight excluding hydrogens is 303 g/mol. The van der Waals surface area contributed by atoms with Crippen LogP contribution in [0, 0.1) is 5.82 Å². The van der Waals surface area contributed by atoms with Crippen LogP contribution in [0.15, 0.2) is 42.5 Å². The Labute approximate surface area is 132 Å². The highest BCUT2D eigenvalue weighted by molar-refractivity contribution is 6.29. The van der Waals surface area contributed by atoms with Gasteiger partial charge in [0, 0.05) is 23.1 Å². The summed E-state index contributed by atoms with van der Waals surface area (Å²) < 4.78 is 13.8. The van der Waals surface area contributed by atoms with Gasteiger partial charge in [-0.05, 0) is 36.8 Å². The number of aliphatic hydroxyl groups is 1. The summed E-state index contributed by atoms with van der Waals surface area (Å²) in [5.74, 6) is -0.278. The molecule has 0 bridgehead atoms. The van der Waals surface area contributed by atoms with Gasteiger partial charge in [0.05, 0.1) is 11.4 Å². The number of aromatic amines is 1. The van der Waals surface area contributed by atoms with E-state index in [2.05, 4.69) is 9.97 Å². The zero-order chi connectivity index (χ0) is 15.5. The fourth-order valence-corrected chi connectivity index (χ4v) is 2.47. The lowest BCUT2D eigenvalue weighted by atomic mass is 10.1. The summed E-state index contributed by atoms with van der Waals surface area (Å²) in [5.41, 5.74) is 2.91. The Morgan fingerprint density at radius 1 is 1.27 bits per heavy atom. The standard InChI is InChI=1S/C17H14ClFN2O/c18-16-8-7-11(4-1-2-9-22)17(21-16)15-10-12-13(19)5-3-6-14(12)20-15/h1,3-8,10,20,22H,2,9H2/b4-1+. The van der Waals surface area contributed by atoms with Crippen LogP contribution >= 0.6 is 11.6 Å². The SMILES string of the molecule is OCC/C=C/c1ccc(Cl)nc1-c1cc2c(F)cccc2[nH]1. The van der Waals surface area contributed by atoms with Crippen molar-refractivity contribution in [2.45, 2.75) is 6.42 Å². The largest absolute Gasteiger partial charge is 0.396 e. The number of halogens is 2. The van der Waals surface area contributed by atoms with Gasteiger partial charge in [0.2, 0.25) is 0 Å². The van der Waals surface area contributed by atoms with E-state index in [1.807, 2.05) is 24.3 Å². The van der Waals surface area contributed by atoms with Gasteiger partial charge in [0.25, 0.3) is 0 Å². The minimum atomic E-state index is -0.278. The molecule has 2 N–H and O–H groups in total. The molecule has 22 heavy (non-hydrogen) atoms. The Hall–Kier alpha value is -2.17. The summed E-state index contributed by atoms with van der Waals surface area (Å²) in [6.07, 6.45) is 4.29. The van der Waals surface area contributed by atoms with Crippen molar-refractivity contribution in [3.8, 4) is 11.4 Å². The molecule has 0 aliphatic heterocycles. The third kappa shape index (κ3) is 2.89. The quantitative estimate of drug-likeness (QED) is 0.700. The van der Waals surface area contributed by atoms with Crippen LogP contribution in [0.1, 0.15) is 12.0 Å².